The number of rotatable bonds is 8. The van der Waals surface area contributed by atoms with Crippen molar-refractivity contribution in [1.82, 2.24) is 10.2 Å². The average Bonchev–Trinajstić information content (AvgIpc) is 2.93. The molecule has 120 valence electrons. The predicted molar refractivity (Wildman–Crippen MR) is 94.0 cm³/mol. The lowest BCUT2D eigenvalue weighted by atomic mass is 9.81. The van der Waals surface area contributed by atoms with E-state index in [0.29, 0.717) is 5.41 Å². The van der Waals surface area contributed by atoms with Gasteiger partial charge < -0.3 is 5.32 Å². The van der Waals surface area contributed by atoms with Gasteiger partial charge in [0, 0.05) is 31.1 Å². The fourth-order valence-corrected chi connectivity index (χ4v) is 4.21. The van der Waals surface area contributed by atoms with E-state index >= 15 is 0 Å². The summed E-state index contributed by atoms with van der Waals surface area (Å²) in [7, 11) is 0. The average molecular weight is 309 g/mol. The molecule has 3 heteroatoms. The summed E-state index contributed by atoms with van der Waals surface area (Å²) in [5.74, 6) is 0.736. The molecular weight excluding hydrogens is 276 g/mol. The van der Waals surface area contributed by atoms with E-state index < -0.39 is 0 Å². The van der Waals surface area contributed by atoms with E-state index in [1.54, 1.807) is 10.4 Å². The van der Waals surface area contributed by atoms with Gasteiger partial charge in [-0.2, -0.15) is 0 Å². The summed E-state index contributed by atoms with van der Waals surface area (Å²) in [4.78, 5) is 4.29. The maximum Gasteiger partial charge on any atom is 0.0245 e. The first kappa shape index (κ1) is 17.0. The lowest BCUT2D eigenvalue weighted by molar-refractivity contribution is 0.124. The molecule has 2 rings (SSSR count). The van der Waals surface area contributed by atoms with E-state index in [1.807, 2.05) is 11.3 Å². The summed E-state index contributed by atoms with van der Waals surface area (Å²) < 4.78 is 0. The molecule has 1 aliphatic rings. The molecule has 1 aromatic rings. The topological polar surface area (TPSA) is 15.3 Å². The zero-order valence-corrected chi connectivity index (χ0v) is 15.1. The van der Waals surface area contributed by atoms with E-state index in [1.165, 1.54) is 32.4 Å². The van der Waals surface area contributed by atoms with Gasteiger partial charge in [0.05, 0.1) is 0 Å². The van der Waals surface area contributed by atoms with Crippen LogP contribution in [0.1, 0.15) is 51.0 Å². The van der Waals surface area contributed by atoms with Crippen molar-refractivity contribution < 1.29 is 0 Å². The van der Waals surface area contributed by atoms with E-state index in [2.05, 4.69) is 49.4 Å². The minimum atomic E-state index is 0.433. The van der Waals surface area contributed by atoms with Crippen LogP contribution < -0.4 is 5.32 Å². The summed E-state index contributed by atoms with van der Waals surface area (Å²) in [5.41, 5.74) is 2.00. The Morgan fingerprint density at radius 1 is 1.33 bits per heavy atom. The molecule has 0 aliphatic carbocycles. The van der Waals surface area contributed by atoms with E-state index in [-0.39, 0.29) is 0 Å². The molecule has 0 spiro atoms. The Morgan fingerprint density at radius 2 is 2.10 bits per heavy atom. The highest BCUT2D eigenvalue weighted by molar-refractivity contribution is 7.10. The molecule has 0 aromatic carbocycles. The van der Waals surface area contributed by atoms with Gasteiger partial charge in [-0.15, -0.1) is 11.3 Å². The van der Waals surface area contributed by atoms with Gasteiger partial charge in [0.15, 0.2) is 0 Å². The molecule has 2 nitrogen and oxygen atoms in total. The number of hydrogen-bond acceptors (Lipinski definition) is 3. The molecule has 1 N–H and O–H groups in total. The van der Waals surface area contributed by atoms with Crippen molar-refractivity contribution in [2.45, 2.75) is 53.5 Å². The van der Waals surface area contributed by atoms with Crippen LogP contribution in [0.4, 0.5) is 0 Å². The Labute approximate surface area is 134 Å². The second kappa shape index (κ2) is 7.75. The van der Waals surface area contributed by atoms with Gasteiger partial charge in [-0.25, -0.2) is 0 Å². The number of nitrogens with one attached hydrogen (secondary N) is 1. The highest BCUT2D eigenvalue weighted by atomic mass is 32.1. The van der Waals surface area contributed by atoms with Crippen LogP contribution >= 0.6 is 11.3 Å². The molecule has 2 heterocycles. The SMILES string of the molecule is CCC(CC)(CNCC(C)C)CN1CCc2sccc2C1. The molecule has 0 saturated heterocycles. The van der Waals surface area contributed by atoms with Crippen molar-refractivity contribution in [2.75, 3.05) is 26.2 Å². The Morgan fingerprint density at radius 3 is 2.76 bits per heavy atom. The van der Waals surface area contributed by atoms with Gasteiger partial charge >= 0.3 is 0 Å². The third-order valence-corrected chi connectivity index (χ3v) is 6.02. The largest absolute Gasteiger partial charge is 0.316 e. The maximum atomic E-state index is 3.71. The highest BCUT2D eigenvalue weighted by Gasteiger charge is 2.30. The van der Waals surface area contributed by atoms with Gasteiger partial charge in [0.25, 0.3) is 0 Å². The Bertz CT molecular complexity index is 421. The second-order valence-corrected chi connectivity index (χ2v) is 8.06. The molecule has 21 heavy (non-hydrogen) atoms. The summed E-state index contributed by atoms with van der Waals surface area (Å²) >= 11 is 1.93. The third-order valence-electron chi connectivity index (χ3n) is 5.00. The van der Waals surface area contributed by atoms with Crippen LogP contribution in [-0.4, -0.2) is 31.1 Å². The summed E-state index contributed by atoms with van der Waals surface area (Å²) in [6.45, 7) is 15.2. The van der Waals surface area contributed by atoms with Gasteiger partial charge in [-0.3, -0.25) is 4.90 Å². The molecule has 0 bridgehead atoms. The molecule has 0 amide bonds. The number of hydrogen-bond donors (Lipinski definition) is 1. The fraction of sp³-hybridized carbons (Fsp3) is 0.778. The molecule has 0 radical (unpaired) electrons. The normalized spacial score (nSPS) is 16.4. The van der Waals surface area contributed by atoms with Crippen LogP contribution in [0, 0.1) is 11.3 Å². The summed E-state index contributed by atoms with van der Waals surface area (Å²) in [6, 6.07) is 2.32. The zero-order chi connectivity index (χ0) is 15.3. The van der Waals surface area contributed by atoms with Crippen molar-refractivity contribution in [3.8, 4) is 0 Å². The van der Waals surface area contributed by atoms with Gasteiger partial charge in [-0.1, -0.05) is 27.7 Å². The van der Waals surface area contributed by atoms with Crippen molar-refractivity contribution in [3.63, 3.8) is 0 Å². The van der Waals surface area contributed by atoms with E-state index in [9.17, 15) is 0 Å². The van der Waals surface area contributed by atoms with Crippen molar-refractivity contribution in [1.29, 1.82) is 0 Å². The van der Waals surface area contributed by atoms with Crippen molar-refractivity contribution in [2.24, 2.45) is 11.3 Å². The van der Waals surface area contributed by atoms with Crippen LogP contribution in [0.3, 0.4) is 0 Å². The number of nitrogens with zero attached hydrogens (tertiary/aromatic N) is 1. The molecule has 1 aromatic heterocycles. The fourth-order valence-electron chi connectivity index (χ4n) is 3.32. The Balaban J connectivity index is 1.93. The maximum absolute atomic E-state index is 3.71. The van der Waals surface area contributed by atoms with Gasteiger partial charge in [-0.05, 0) is 54.1 Å². The Kier molecular flexibility index (Phi) is 6.27. The molecule has 0 atom stereocenters. The first-order valence-corrected chi connectivity index (χ1v) is 9.45. The zero-order valence-electron chi connectivity index (χ0n) is 14.2. The predicted octanol–water partition coefficient (Wildman–Crippen LogP) is 4.16. The number of thiophene rings is 1. The minimum Gasteiger partial charge on any atom is -0.316 e. The minimum absolute atomic E-state index is 0.433. The lowest BCUT2D eigenvalue weighted by Gasteiger charge is -2.39. The molecule has 1 aliphatic heterocycles. The monoisotopic (exact) mass is 308 g/mol. The molecular formula is C18H32N2S. The standard InChI is InChI=1S/C18H32N2S/c1-5-18(6-2,13-19-11-15(3)4)14-20-9-7-17-16(12-20)8-10-21-17/h8,10,15,19H,5-7,9,11-14H2,1-4H3. The summed E-state index contributed by atoms with van der Waals surface area (Å²) in [5, 5.41) is 5.96. The van der Waals surface area contributed by atoms with Crippen molar-refractivity contribution in [3.05, 3.63) is 21.9 Å². The molecule has 0 unspecified atom stereocenters. The highest BCUT2D eigenvalue weighted by Crippen LogP contribution is 2.31. The van der Waals surface area contributed by atoms with Crippen LogP contribution in [0.5, 0.6) is 0 Å². The van der Waals surface area contributed by atoms with E-state index in [0.717, 1.165) is 25.6 Å². The smallest absolute Gasteiger partial charge is 0.0245 e. The lowest BCUT2D eigenvalue weighted by Crippen LogP contribution is -2.45. The first-order valence-electron chi connectivity index (χ1n) is 8.57. The van der Waals surface area contributed by atoms with Crippen LogP contribution in [0.25, 0.3) is 0 Å². The van der Waals surface area contributed by atoms with Crippen molar-refractivity contribution >= 4 is 11.3 Å². The molecule has 0 fully saturated rings. The van der Waals surface area contributed by atoms with Gasteiger partial charge in [0.2, 0.25) is 0 Å². The quantitative estimate of drug-likeness (QED) is 0.776. The third kappa shape index (κ3) is 4.54. The Hall–Kier alpha value is -0.380. The summed E-state index contributed by atoms with van der Waals surface area (Å²) in [6.07, 6.45) is 3.78. The second-order valence-electron chi connectivity index (χ2n) is 7.06. The van der Waals surface area contributed by atoms with Gasteiger partial charge in [0.1, 0.15) is 0 Å². The number of fused-ring (bicyclic) bond motifs is 1. The first-order chi connectivity index (χ1) is 10.1. The molecule has 0 saturated carbocycles. The van der Waals surface area contributed by atoms with E-state index in [4.69, 9.17) is 0 Å². The van der Waals surface area contributed by atoms with Crippen LogP contribution in [0.15, 0.2) is 11.4 Å². The van der Waals surface area contributed by atoms with Crippen LogP contribution in [-0.2, 0) is 13.0 Å². The van der Waals surface area contributed by atoms with Crippen LogP contribution in [0.2, 0.25) is 0 Å².